The van der Waals surface area contributed by atoms with Crippen molar-refractivity contribution in [3.8, 4) is 6.07 Å². The fourth-order valence-electron chi connectivity index (χ4n) is 4.28. The van der Waals surface area contributed by atoms with Crippen LogP contribution in [-0.2, 0) is 0 Å². The van der Waals surface area contributed by atoms with E-state index in [-0.39, 0.29) is 48.3 Å². The van der Waals surface area contributed by atoms with Gasteiger partial charge in [0.2, 0.25) is 11.3 Å². The Hall–Kier alpha value is -3.93. The third kappa shape index (κ3) is 4.31. The lowest BCUT2D eigenvalue weighted by Gasteiger charge is -2.32. The zero-order chi connectivity index (χ0) is 24.6. The second-order valence-corrected chi connectivity index (χ2v) is 8.57. The van der Waals surface area contributed by atoms with Crippen molar-refractivity contribution in [2.24, 2.45) is 5.73 Å². The van der Waals surface area contributed by atoms with Crippen LogP contribution in [0.3, 0.4) is 0 Å². The molecule has 9 heteroatoms. The van der Waals surface area contributed by atoms with Crippen molar-refractivity contribution >= 4 is 28.4 Å². The van der Waals surface area contributed by atoms with Gasteiger partial charge in [0.1, 0.15) is 11.7 Å². The number of carbonyl (C=O) groups is 1. The molecule has 1 amide bonds. The Morgan fingerprint density at radius 1 is 1.26 bits per heavy atom. The van der Waals surface area contributed by atoms with Crippen molar-refractivity contribution in [2.75, 3.05) is 23.3 Å². The van der Waals surface area contributed by atoms with Crippen molar-refractivity contribution in [2.45, 2.75) is 38.7 Å². The lowest BCUT2D eigenvalue weighted by atomic mass is 9.99. The van der Waals surface area contributed by atoms with Gasteiger partial charge in [0.15, 0.2) is 5.56 Å². The maximum Gasteiger partial charge on any atom is 0.251 e. The number of aryl methyl sites for hydroxylation is 1. The van der Waals surface area contributed by atoms with Gasteiger partial charge in [-0.25, -0.2) is 8.78 Å². The minimum absolute atomic E-state index is 0.00494. The van der Waals surface area contributed by atoms with E-state index in [1.807, 2.05) is 26.0 Å². The lowest BCUT2D eigenvalue weighted by Crippen LogP contribution is -2.40. The topological polar surface area (TPSA) is 112 Å². The number of rotatable bonds is 5. The Kier molecular flexibility index (Phi) is 6.00. The number of amides is 1. The van der Waals surface area contributed by atoms with Crippen LogP contribution in [0.5, 0.6) is 0 Å². The molecule has 2 aromatic carbocycles. The number of nitriles is 1. The van der Waals surface area contributed by atoms with Crippen molar-refractivity contribution in [3.63, 3.8) is 0 Å². The summed E-state index contributed by atoms with van der Waals surface area (Å²) in [5.74, 6) is -3.36. The molecule has 0 aliphatic carbocycles. The molecule has 0 bridgehead atoms. The molecule has 2 heterocycles. The summed E-state index contributed by atoms with van der Waals surface area (Å²) < 4.78 is 33.5. The first-order chi connectivity index (χ1) is 16.1. The number of para-hydroxylation sites is 1. The Morgan fingerprint density at radius 3 is 2.59 bits per heavy atom. The number of fused-ring (bicyclic) bond motifs is 1. The maximum atomic E-state index is 13.7. The zero-order valence-corrected chi connectivity index (χ0v) is 18.8. The summed E-state index contributed by atoms with van der Waals surface area (Å²) in [6.45, 7) is 3.60. The largest absolute Gasteiger partial charge is 0.438 e. The Morgan fingerprint density at radius 2 is 1.94 bits per heavy atom. The van der Waals surface area contributed by atoms with Crippen molar-refractivity contribution in [1.29, 1.82) is 5.26 Å². The van der Waals surface area contributed by atoms with Crippen LogP contribution >= 0.6 is 0 Å². The van der Waals surface area contributed by atoms with Crippen LogP contribution in [0.15, 0.2) is 45.6 Å². The molecule has 4 rings (SSSR count). The van der Waals surface area contributed by atoms with Gasteiger partial charge in [0, 0.05) is 37.2 Å². The number of nitrogens with two attached hydrogens (primary N) is 1. The minimum atomic E-state index is -2.78. The van der Waals surface area contributed by atoms with Gasteiger partial charge in [-0.2, -0.15) is 5.26 Å². The Labute approximate surface area is 194 Å². The molecule has 1 atom stereocenters. The first kappa shape index (κ1) is 23.2. The number of alkyl halides is 2. The summed E-state index contributed by atoms with van der Waals surface area (Å²) in [4.78, 5) is 26.6. The highest BCUT2D eigenvalue weighted by molar-refractivity contribution is 5.98. The van der Waals surface area contributed by atoms with Gasteiger partial charge in [-0.15, -0.1) is 0 Å². The molecule has 176 valence electrons. The monoisotopic (exact) mass is 466 g/mol. The average molecular weight is 466 g/mol. The van der Waals surface area contributed by atoms with E-state index in [2.05, 4.69) is 5.32 Å². The standard InChI is InChI=1S/C25H24F2N4O3/c1-14-11-17(15(2)30-20-6-4-3-5-16(20)23(29)33)22-18(12-14)21(32)19(13-28)24(34-22)31-9-7-25(26,27)8-10-31/h3-6,11-12,15,30H,7-10H2,1-2H3,(H2,29,33)/t15-/m1/s1. The van der Waals surface area contributed by atoms with E-state index in [4.69, 9.17) is 10.2 Å². The number of halogens is 2. The number of nitrogens with one attached hydrogen (secondary N) is 1. The van der Waals surface area contributed by atoms with Gasteiger partial charge >= 0.3 is 0 Å². The van der Waals surface area contributed by atoms with Crippen molar-refractivity contribution in [3.05, 3.63) is 68.9 Å². The highest BCUT2D eigenvalue weighted by atomic mass is 19.3. The van der Waals surface area contributed by atoms with Crippen LogP contribution in [0.2, 0.25) is 0 Å². The molecule has 0 saturated carbocycles. The molecule has 0 radical (unpaired) electrons. The molecule has 1 fully saturated rings. The van der Waals surface area contributed by atoms with E-state index < -0.39 is 23.3 Å². The zero-order valence-electron chi connectivity index (χ0n) is 18.8. The molecule has 1 aliphatic heterocycles. The second-order valence-electron chi connectivity index (χ2n) is 8.57. The number of carbonyl (C=O) groups excluding carboxylic acids is 1. The van der Waals surface area contributed by atoms with Crippen molar-refractivity contribution in [1.82, 2.24) is 0 Å². The fraction of sp³-hybridized carbons (Fsp3) is 0.320. The summed E-state index contributed by atoms with van der Waals surface area (Å²) in [7, 11) is 0. The van der Waals surface area contributed by atoms with Gasteiger partial charge in [-0.05, 0) is 37.6 Å². The van der Waals surface area contributed by atoms with Gasteiger partial charge in [-0.1, -0.05) is 18.2 Å². The molecule has 3 aromatic rings. The number of hydrogen-bond acceptors (Lipinski definition) is 6. The smallest absolute Gasteiger partial charge is 0.251 e. The number of nitrogens with zero attached hydrogens (tertiary/aromatic N) is 2. The minimum Gasteiger partial charge on any atom is -0.438 e. The van der Waals surface area contributed by atoms with E-state index in [1.165, 1.54) is 4.90 Å². The first-order valence-electron chi connectivity index (χ1n) is 10.9. The van der Waals surface area contributed by atoms with Crippen LogP contribution < -0.4 is 21.4 Å². The molecule has 7 nitrogen and oxygen atoms in total. The molecule has 3 N–H and O–H groups in total. The SMILES string of the molecule is Cc1cc([C@@H](C)Nc2ccccc2C(N)=O)c2oc(N3CCC(F)(F)CC3)c(C#N)c(=O)c2c1. The van der Waals surface area contributed by atoms with Gasteiger partial charge in [0.25, 0.3) is 11.8 Å². The Balaban J connectivity index is 1.83. The summed E-state index contributed by atoms with van der Waals surface area (Å²) >= 11 is 0. The Bertz CT molecular complexity index is 1370. The molecular formula is C25H24F2N4O3. The van der Waals surface area contributed by atoms with Crippen molar-refractivity contribution < 1.29 is 18.0 Å². The molecule has 0 spiro atoms. The predicted octanol–water partition coefficient (Wildman–Crippen LogP) is 4.48. The van der Waals surface area contributed by atoms with Crippen LogP contribution in [0.1, 0.15) is 52.9 Å². The number of hydrogen-bond donors (Lipinski definition) is 2. The molecular weight excluding hydrogens is 442 g/mol. The summed E-state index contributed by atoms with van der Waals surface area (Å²) in [5, 5.41) is 13.2. The van der Waals surface area contributed by atoms with Crippen LogP contribution in [0, 0.1) is 18.3 Å². The number of anilines is 2. The van der Waals surface area contributed by atoms with E-state index >= 15 is 0 Å². The van der Waals surface area contributed by atoms with Crippen LogP contribution in [0.25, 0.3) is 11.0 Å². The highest BCUT2D eigenvalue weighted by Crippen LogP contribution is 2.35. The van der Waals surface area contributed by atoms with Gasteiger partial charge in [-0.3, -0.25) is 9.59 Å². The number of primary amides is 1. The fourth-order valence-corrected chi connectivity index (χ4v) is 4.28. The van der Waals surface area contributed by atoms with Crippen LogP contribution in [0.4, 0.5) is 20.4 Å². The summed E-state index contributed by atoms with van der Waals surface area (Å²) in [5.41, 5.74) is 7.28. The molecule has 0 unspecified atom stereocenters. The molecule has 1 saturated heterocycles. The van der Waals surface area contributed by atoms with E-state index in [1.54, 1.807) is 30.3 Å². The average Bonchev–Trinajstić information content (AvgIpc) is 2.79. The highest BCUT2D eigenvalue weighted by Gasteiger charge is 2.36. The summed E-state index contributed by atoms with van der Waals surface area (Å²) in [6.07, 6.45) is -0.773. The predicted molar refractivity (Wildman–Crippen MR) is 125 cm³/mol. The third-order valence-electron chi connectivity index (χ3n) is 6.07. The summed E-state index contributed by atoms with van der Waals surface area (Å²) in [6, 6.07) is 11.8. The molecule has 1 aliphatic rings. The maximum absolute atomic E-state index is 13.7. The second kappa shape index (κ2) is 8.78. The number of piperidine rings is 1. The van der Waals surface area contributed by atoms with E-state index in [0.29, 0.717) is 16.8 Å². The van der Waals surface area contributed by atoms with E-state index in [9.17, 15) is 23.6 Å². The van der Waals surface area contributed by atoms with Gasteiger partial charge in [0.05, 0.1) is 17.0 Å². The normalized spacial score (nSPS) is 16.1. The molecule has 34 heavy (non-hydrogen) atoms. The molecule has 1 aromatic heterocycles. The van der Waals surface area contributed by atoms with E-state index in [0.717, 1.165) is 5.56 Å². The van der Waals surface area contributed by atoms with Crippen LogP contribution in [-0.4, -0.2) is 24.9 Å². The first-order valence-corrected chi connectivity index (χ1v) is 10.9. The third-order valence-corrected chi connectivity index (χ3v) is 6.07. The quantitative estimate of drug-likeness (QED) is 0.573. The number of benzene rings is 2. The van der Waals surface area contributed by atoms with Gasteiger partial charge < -0.3 is 20.4 Å². The lowest BCUT2D eigenvalue weighted by molar-refractivity contribution is -0.0225.